The molecule has 7 nitrogen and oxygen atoms in total. The number of pyridine rings is 1. The molecule has 2 rings (SSSR count). The minimum Gasteiger partial charge on any atom is -0.382 e. The first-order valence-electron chi connectivity index (χ1n) is 6.17. The Morgan fingerprint density at radius 2 is 2.00 bits per heavy atom. The Hall–Kier alpha value is -2.41. The number of amides is 1. The molecule has 0 saturated heterocycles. The Morgan fingerprint density at radius 3 is 2.57 bits per heavy atom. The number of carbonyl (C=O) groups excluding carboxylic acids is 1. The number of nitrogens with two attached hydrogens (primary N) is 2. The Kier molecular flexibility index (Phi) is 3.95. The van der Waals surface area contributed by atoms with Gasteiger partial charge in [0, 0.05) is 17.3 Å². The van der Waals surface area contributed by atoms with E-state index in [1.54, 1.807) is 6.07 Å². The maximum atomic E-state index is 11.5. The second-order valence-corrected chi connectivity index (χ2v) is 5.12. The molecule has 0 radical (unpaired) electrons. The molecule has 21 heavy (non-hydrogen) atoms. The van der Waals surface area contributed by atoms with Gasteiger partial charge in [-0.1, -0.05) is 25.4 Å². The Bertz CT molecular complexity index is 770. The maximum absolute atomic E-state index is 11.5. The molecule has 2 aromatic rings. The summed E-state index contributed by atoms with van der Waals surface area (Å²) < 4.78 is 0. The van der Waals surface area contributed by atoms with Gasteiger partial charge in [0.15, 0.2) is 16.7 Å². The number of H-pyrrole nitrogens is 1. The molecule has 2 heterocycles. The topological polar surface area (TPSA) is 128 Å². The molecular formula is C13H14ClN5O2. The smallest absolute Gasteiger partial charge is 0.271 e. The lowest BCUT2D eigenvalue weighted by Crippen LogP contribution is -2.18. The number of hydrogen-bond acceptors (Lipinski definition) is 5. The van der Waals surface area contributed by atoms with E-state index in [2.05, 4.69) is 15.0 Å². The molecule has 0 aromatic carbocycles. The van der Waals surface area contributed by atoms with E-state index in [0.717, 1.165) is 0 Å². The van der Waals surface area contributed by atoms with Crippen LogP contribution in [0.25, 0.3) is 11.3 Å². The number of nitrogens with zero attached hydrogens (tertiary/aromatic N) is 2. The summed E-state index contributed by atoms with van der Waals surface area (Å²) in [5.74, 6) is -0.915. The fourth-order valence-corrected chi connectivity index (χ4v) is 2.17. The molecule has 0 unspecified atom stereocenters. The fraction of sp³-hybridized carbons (Fsp3) is 0.231. The van der Waals surface area contributed by atoms with Gasteiger partial charge in [-0.2, -0.15) is 0 Å². The summed E-state index contributed by atoms with van der Waals surface area (Å²) in [7, 11) is 0. The average Bonchev–Trinajstić information content (AvgIpc) is 2.38. The normalized spacial score (nSPS) is 10.9. The maximum Gasteiger partial charge on any atom is 0.271 e. The van der Waals surface area contributed by atoms with Gasteiger partial charge in [0.1, 0.15) is 5.69 Å². The van der Waals surface area contributed by atoms with Crippen LogP contribution in [-0.2, 0) is 0 Å². The molecule has 2 aromatic heterocycles. The van der Waals surface area contributed by atoms with E-state index in [1.165, 1.54) is 6.07 Å². The summed E-state index contributed by atoms with van der Waals surface area (Å²) in [4.78, 5) is 33.5. The lowest BCUT2D eigenvalue weighted by atomic mass is 10.0. The molecule has 1 amide bonds. The molecule has 0 spiro atoms. The predicted octanol–water partition coefficient (Wildman–Crippen LogP) is 1.29. The number of anilines is 1. The second kappa shape index (κ2) is 5.53. The monoisotopic (exact) mass is 307 g/mol. The van der Waals surface area contributed by atoms with Gasteiger partial charge >= 0.3 is 0 Å². The van der Waals surface area contributed by atoms with Gasteiger partial charge in [-0.3, -0.25) is 9.59 Å². The first-order valence-corrected chi connectivity index (χ1v) is 6.55. The van der Waals surface area contributed by atoms with Crippen molar-refractivity contribution in [2.75, 3.05) is 5.73 Å². The molecule has 110 valence electrons. The van der Waals surface area contributed by atoms with E-state index in [4.69, 9.17) is 23.1 Å². The first-order chi connectivity index (χ1) is 9.81. The van der Waals surface area contributed by atoms with Gasteiger partial charge in [-0.25, -0.2) is 9.97 Å². The van der Waals surface area contributed by atoms with Crippen molar-refractivity contribution in [3.05, 3.63) is 39.0 Å². The zero-order valence-electron chi connectivity index (χ0n) is 11.5. The summed E-state index contributed by atoms with van der Waals surface area (Å²) in [6.07, 6.45) is 0. The van der Waals surface area contributed by atoms with Gasteiger partial charge in [0.25, 0.3) is 5.91 Å². The van der Waals surface area contributed by atoms with Crippen LogP contribution in [0.3, 0.4) is 0 Å². The number of nitrogens with one attached hydrogen (secondary N) is 1. The predicted molar refractivity (Wildman–Crippen MR) is 80.1 cm³/mol. The van der Waals surface area contributed by atoms with E-state index in [0.29, 0.717) is 11.3 Å². The zero-order valence-corrected chi connectivity index (χ0v) is 12.2. The summed E-state index contributed by atoms with van der Waals surface area (Å²) in [5, 5.41) is 0.0337. The Morgan fingerprint density at radius 1 is 1.33 bits per heavy atom. The highest BCUT2D eigenvalue weighted by Gasteiger charge is 2.19. The summed E-state index contributed by atoms with van der Waals surface area (Å²) in [5.41, 5.74) is 11.9. The second-order valence-electron chi connectivity index (χ2n) is 4.77. The number of carbonyl (C=O) groups is 1. The van der Waals surface area contributed by atoms with Crippen molar-refractivity contribution in [2.24, 2.45) is 5.73 Å². The molecule has 5 N–H and O–H groups in total. The van der Waals surface area contributed by atoms with Crippen molar-refractivity contribution in [3.8, 4) is 11.3 Å². The van der Waals surface area contributed by atoms with Crippen LogP contribution in [0.4, 0.5) is 5.82 Å². The van der Waals surface area contributed by atoms with Crippen molar-refractivity contribution >= 4 is 23.3 Å². The molecule has 8 heteroatoms. The average molecular weight is 308 g/mol. The number of aromatic amines is 1. The molecule has 0 fully saturated rings. The highest BCUT2D eigenvalue weighted by atomic mass is 35.5. The van der Waals surface area contributed by atoms with Crippen LogP contribution < -0.4 is 17.0 Å². The number of hydrogen-bond donors (Lipinski definition) is 3. The Balaban J connectivity index is 2.75. The SMILES string of the molecule is CC(C)c1[nH]c(=O)ccc1-c1nc(C(N)=O)c(N)nc1Cl. The van der Waals surface area contributed by atoms with Crippen molar-refractivity contribution in [1.29, 1.82) is 0 Å². The molecule has 0 saturated carbocycles. The third kappa shape index (κ3) is 2.87. The summed E-state index contributed by atoms with van der Waals surface area (Å²) >= 11 is 6.06. The first kappa shape index (κ1) is 15.0. The Labute approximate surface area is 125 Å². The number of aromatic nitrogens is 3. The van der Waals surface area contributed by atoms with E-state index in [-0.39, 0.29) is 33.8 Å². The van der Waals surface area contributed by atoms with Crippen LogP contribution in [0.1, 0.15) is 35.9 Å². The van der Waals surface area contributed by atoms with Crippen LogP contribution >= 0.6 is 11.6 Å². The molecule has 0 aliphatic heterocycles. The van der Waals surface area contributed by atoms with Gasteiger partial charge < -0.3 is 16.5 Å². The van der Waals surface area contributed by atoms with Crippen LogP contribution in [0.15, 0.2) is 16.9 Å². The number of rotatable bonds is 3. The highest BCUT2D eigenvalue weighted by molar-refractivity contribution is 6.32. The van der Waals surface area contributed by atoms with E-state index < -0.39 is 5.91 Å². The van der Waals surface area contributed by atoms with Crippen LogP contribution in [0.2, 0.25) is 5.15 Å². The number of halogens is 1. The summed E-state index contributed by atoms with van der Waals surface area (Å²) in [6, 6.07) is 2.92. The summed E-state index contributed by atoms with van der Waals surface area (Å²) in [6.45, 7) is 3.81. The van der Waals surface area contributed by atoms with Gasteiger partial charge in [0.2, 0.25) is 5.56 Å². The van der Waals surface area contributed by atoms with Gasteiger partial charge in [-0.05, 0) is 12.0 Å². The molecule has 0 aliphatic rings. The van der Waals surface area contributed by atoms with Crippen LogP contribution in [0.5, 0.6) is 0 Å². The number of nitrogen functional groups attached to an aromatic ring is 1. The van der Waals surface area contributed by atoms with Crippen molar-refractivity contribution < 1.29 is 4.79 Å². The largest absolute Gasteiger partial charge is 0.382 e. The molecular weight excluding hydrogens is 294 g/mol. The quantitative estimate of drug-likeness (QED) is 0.787. The number of primary amides is 1. The van der Waals surface area contributed by atoms with Crippen molar-refractivity contribution in [2.45, 2.75) is 19.8 Å². The molecule has 0 aliphatic carbocycles. The standard InChI is InChI=1S/C13H14ClN5O2/c1-5(2)8-6(3-4-7(20)17-8)9-11(14)19-12(15)10(18-9)13(16)21/h3-5H,1-2H3,(H2,15,19)(H2,16,21)(H,17,20). The molecule has 0 atom stereocenters. The molecule has 0 bridgehead atoms. The van der Waals surface area contributed by atoms with E-state index in [9.17, 15) is 9.59 Å². The lowest BCUT2D eigenvalue weighted by Gasteiger charge is -2.13. The minimum absolute atomic E-state index is 0.0151. The lowest BCUT2D eigenvalue weighted by molar-refractivity contribution is 0.0996. The third-order valence-electron chi connectivity index (χ3n) is 2.90. The zero-order chi connectivity index (χ0) is 15.7. The van der Waals surface area contributed by atoms with Gasteiger partial charge in [0.05, 0.1) is 0 Å². The van der Waals surface area contributed by atoms with Crippen LogP contribution in [0, 0.1) is 0 Å². The van der Waals surface area contributed by atoms with Crippen molar-refractivity contribution in [3.63, 3.8) is 0 Å². The van der Waals surface area contributed by atoms with E-state index >= 15 is 0 Å². The van der Waals surface area contributed by atoms with Gasteiger partial charge in [-0.15, -0.1) is 0 Å². The third-order valence-corrected chi connectivity index (χ3v) is 3.16. The van der Waals surface area contributed by atoms with Crippen molar-refractivity contribution in [1.82, 2.24) is 15.0 Å². The van der Waals surface area contributed by atoms with E-state index in [1.807, 2.05) is 13.8 Å². The fourth-order valence-electron chi connectivity index (χ4n) is 1.93. The minimum atomic E-state index is -0.798. The highest BCUT2D eigenvalue weighted by Crippen LogP contribution is 2.30. The van der Waals surface area contributed by atoms with Crippen LogP contribution in [-0.4, -0.2) is 20.9 Å².